The van der Waals surface area contributed by atoms with Gasteiger partial charge in [0.05, 0.1) is 47.1 Å². The van der Waals surface area contributed by atoms with E-state index < -0.39 is 10.4 Å². The van der Waals surface area contributed by atoms with E-state index in [1.807, 2.05) is 0 Å². The van der Waals surface area contributed by atoms with Crippen LogP contribution in [0, 0.1) is 0 Å². The van der Waals surface area contributed by atoms with Gasteiger partial charge in [-0.1, -0.05) is 0 Å². The Bertz CT molecular complexity index is 278. The molecule has 0 saturated heterocycles. The van der Waals surface area contributed by atoms with Gasteiger partial charge in [-0.2, -0.15) is 0 Å². The molecule has 0 fully saturated rings. The predicted molar refractivity (Wildman–Crippen MR) is 66.7 cm³/mol. The molecule has 7 nitrogen and oxygen atoms in total. The number of quaternary nitrogens is 1. The number of hydrogen-bond acceptors (Lipinski definition) is 6. The first-order valence-corrected chi connectivity index (χ1v) is 7.12. The van der Waals surface area contributed by atoms with Crippen LogP contribution in [0.2, 0.25) is 0 Å². The van der Waals surface area contributed by atoms with Gasteiger partial charge in [0, 0.05) is 0 Å². The van der Waals surface area contributed by atoms with Crippen LogP contribution < -0.4 is 0 Å². The molecule has 112 valence electrons. The van der Waals surface area contributed by atoms with Gasteiger partial charge in [0.25, 0.3) is 0 Å². The maximum atomic E-state index is 9.45. The number of likely N-dealkylation sites (N-methyl/N-ethyl adjacent to an activating group) is 1. The zero-order valence-corrected chi connectivity index (χ0v) is 12.4. The monoisotopic (exact) mass is 287 g/mol. The van der Waals surface area contributed by atoms with Crippen LogP contribution in [0.15, 0.2) is 0 Å². The normalized spacial score (nSPS) is 11.9. The summed E-state index contributed by atoms with van der Waals surface area (Å²) in [7, 11) is -0.0863. The maximum absolute atomic E-state index is 9.45. The van der Waals surface area contributed by atoms with Gasteiger partial charge in [-0.05, 0) is 13.8 Å². The molecule has 8 heteroatoms. The van der Waals surface area contributed by atoms with E-state index in [4.69, 9.17) is 9.84 Å². The molecule has 0 spiro atoms. The van der Waals surface area contributed by atoms with E-state index in [0.717, 1.165) is 24.2 Å². The van der Waals surface area contributed by atoms with Crippen molar-refractivity contribution in [3.05, 3.63) is 0 Å². The van der Waals surface area contributed by atoms with E-state index in [1.54, 1.807) is 0 Å². The summed E-state index contributed by atoms with van der Waals surface area (Å²) in [6.07, 6.45) is 0. The third kappa shape index (κ3) is 18.1. The molecule has 0 aliphatic heterocycles. The van der Waals surface area contributed by atoms with Crippen LogP contribution in [-0.2, 0) is 19.3 Å². The molecule has 0 aromatic rings. The molecule has 0 aliphatic rings. The van der Waals surface area contributed by atoms with E-state index in [-0.39, 0.29) is 13.2 Å². The van der Waals surface area contributed by atoms with Crippen molar-refractivity contribution in [2.24, 2.45) is 0 Å². The van der Waals surface area contributed by atoms with Crippen LogP contribution in [0.3, 0.4) is 0 Å². The van der Waals surface area contributed by atoms with Gasteiger partial charge in [0.1, 0.15) is 6.54 Å². The Morgan fingerprint density at radius 3 is 2.06 bits per heavy atom. The first kappa shape index (κ1) is 20.1. The Labute approximate surface area is 110 Å². The summed E-state index contributed by atoms with van der Waals surface area (Å²) in [6.45, 7) is 6.94. The summed E-state index contributed by atoms with van der Waals surface area (Å²) in [5.74, 6) is 0. The van der Waals surface area contributed by atoms with Crippen LogP contribution in [0.5, 0.6) is 0 Å². The van der Waals surface area contributed by atoms with Crippen LogP contribution in [-0.4, -0.2) is 76.2 Å². The third-order valence-electron chi connectivity index (χ3n) is 2.19. The average molecular weight is 287 g/mol. The molecule has 18 heavy (non-hydrogen) atoms. The topological polar surface area (TPSA) is 95.9 Å². The molecule has 0 unspecified atom stereocenters. The van der Waals surface area contributed by atoms with Crippen molar-refractivity contribution in [3.8, 4) is 0 Å². The molecule has 0 atom stereocenters. The molecule has 0 rings (SSSR count). The molecular formula is C10H25NO6S. The Hall–Kier alpha value is -0.250. The number of nitrogens with zero attached hydrogens (tertiary/aromatic N) is 1. The molecule has 0 heterocycles. The average Bonchev–Trinajstić information content (AvgIpc) is 2.24. The number of aliphatic hydroxyl groups excluding tert-OH is 1. The maximum Gasteiger partial charge on any atom is 0.217 e. The fourth-order valence-corrected chi connectivity index (χ4v) is 1.07. The lowest BCUT2D eigenvalue weighted by Gasteiger charge is -2.27. The SMILES string of the molecule is CCOS(=O)(=O)[O-].CC[N+](C)(C)CCOCCO. The second-order valence-corrected chi connectivity index (χ2v) is 5.18. The fourth-order valence-electron chi connectivity index (χ4n) is 0.781. The molecule has 0 aromatic carbocycles. The molecular weight excluding hydrogens is 262 g/mol. The Balaban J connectivity index is 0. The first-order chi connectivity index (χ1) is 8.18. The highest BCUT2D eigenvalue weighted by molar-refractivity contribution is 7.80. The zero-order chi connectivity index (χ0) is 14.7. The number of ether oxygens (including phenoxy) is 1. The van der Waals surface area contributed by atoms with Crippen molar-refractivity contribution in [2.75, 3.05) is 53.6 Å². The molecule has 0 aromatic heterocycles. The van der Waals surface area contributed by atoms with Gasteiger partial charge >= 0.3 is 0 Å². The summed E-state index contributed by atoms with van der Waals surface area (Å²) in [4.78, 5) is 0. The highest BCUT2D eigenvalue weighted by Gasteiger charge is 2.10. The first-order valence-electron chi connectivity index (χ1n) is 5.79. The number of rotatable bonds is 8. The minimum absolute atomic E-state index is 0.0914. The summed E-state index contributed by atoms with van der Waals surface area (Å²) in [6, 6.07) is 0. The molecule has 0 radical (unpaired) electrons. The van der Waals surface area contributed by atoms with Crippen molar-refractivity contribution >= 4 is 10.4 Å². The smallest absolute Gasteiger partial charge is 0.217 e. The van der Waals surface area contributed by atoms with Crippen molar-refractivity contribution in [2.45, 2.75) is 13.8 Å². The van der Waals surface area contributed by atoms with E-state index in [1.165, 1.54) is 6.92 Å². The van der Waals surface area contributed by atoms with Crippen molar-refractivity contribution in [1.82, 2.24) is 0 Å². The molecule has 0 bridgehead atoms. The van der Waals surface area contributed by atoms with E-state index in [0.29, 0.717) is 6.61 Å². The van der Waals surface area contributed by atoms with Gasteiger partial charge in [-0.3, -0.25) is 4.18 Å². The van der Waals surface area contributed by atoms with Gasteiger partial charge in [-0.15, -0.1) is 0 Å². The lowest BCUT2D eigenvalue weighted by molar-refractivity contribution is -0.888. The lowest BCUT2D eigenvalue weighted by atomic mass is 10.4. The third-order valence-corrected chi connectivity index (χ3v) is 2.72. The quantitative estimate of drug-likeness (QED) is 0.282. The standard InChI is InChI=1S/C8H20NO2.C2H6O4S/c1-4-9(2,3)5-7-11-8-6-10;1-2-6-7(3,4)5/h10H,4-8H2,1-3H3;2H2,1H3,(H,3,4,5)/q+1;/p-1. The van der Waals surface area contributed by atoms with E-state index >= 15 is 0 Å². The van der Waals surface area contributed by atoms with E-state index in [2.05, 4.69) is 25.2 Å². The Kier molecular flexibility index (Phi) is 11.9. The van der Waals surface area contributed by atoms with Crippen molar-refractivity contribution < 1.29 is 31.5 Å². The largest absolute Gasteiger partial charge is 0.726 e. The van der Waals surface area contributed by atoms with Gasteiger partial charge in [0.15, 0.2) is 0 Å². The van der Waals surface area contributed by atoms with Gasteiger partial charge in [0.2, 0.25) is 10.4 Å². The van der Waals surface area contributed by atoms with Crippen molar-refractivity contribution in [3.63, 3.8) is 0 Å². The minimum Gasteiger partial charge on any atom is -0.726 e. The molecule has 0 amide bonds. The van der Waals surface area contributed by atoms with Crippen LogP contribution >= 0.6 is 0 Å². The fraction of sp³-hybridized carbons (Fsp3) is 1.00. The zero-order valence-electron chi connectivity index (χ0n) is 11.6. The van der Waals surface area contributed by atoms with Crippen LogP contribution in [0.4, 0.5) is 0 Å². The second kappa shape index (κ2) is 10.7. The highest BCUT2D eigenvalue weighted by atomic mass is 32.3. The summed E-state index contributed by atoms with van der Waals surface area (Å²) in [5.41, 5.74) is 0. The van der Waals surface area contributed by atoms with Crippen LogP contribution in [0.25, 0.3) is 0 Å². The van der Waals surface area contributed by atoms with Gasteiger partial charge in [-0.25, -0.2) is 8.42 Å². The molecule has 0 saturated carbocycles. The van der Waals surface area contributed by atoms with Crippen LogP contribution in [0.1, 0.15) is 13.8 Å². The highest BCUT2D eigenvalue weighted by Crippen LogP contribution is 1.94. The lowest BCUT2D eigenvalue weighted by Crippen LogP contribution is -2.42. The van der Waals surface area contributed by atoms with E-state index in [9.17, 15) is 13.0 Å². The van der Waals surface area contributed by atoms with Crippen molar-refractivity contribution in [1.29, 1.82) is 0 Å². The predicted octanol–water partition coefficient (Wildman–Crippen LogP) is -0.425. The van der Waals surface area contributed by atoms with Gasteiger partial charge < -0.3 is 18.9 Å². The molecule has 1 N–H and O–H groups in total. The Morgan fingerprint density at radius 2 is 1.78 bits per heavy atom. The summed E-state index contributed by atoms with van der Waals surface area (Å²) >= 11 is 0. The second-order valence-electron chi connectivity index (χ2n) is 4.13. The molecule has 0 aliphatic carbocycles. The Morgan fingerprint density at radius 1 is 1.22 bits per heavy atom. The summed E-state index contributed by atoms with van der Waals surface area (Å²) in [5, 5.41) is 8.42. The number of aliphatic hydroxyl groups is 1. The minimum atomic E-state index is -4.42. The summed E-state index contributed by atoms with van der Waals surface area (Å²) < 4.78 is 38.1. The number of hydrogen-bond donors (Lipinski definition) is 1.